The smallest absolute Gasteiger partial charge is 0.433 e. The zero-order chi connectivity index (χ0) is 20.4. The molecule has 0 bridgehead atoms. The minimum absolute atomic E-state index is 0.147. The molecule has 0 aromatic heterocycles. The van der Waals surface area contributed by atoms with Crippen LogP contribution in [0, 0.1) is 10.8 Å². The Morgan fingerprint density at radius 1 is 0.714 bits per heavy atom. The third-order valence-electron chi connectivity index (χ3n) is 4.26. The van der Waals surface area contributed by atoms with Gasteiger partial charge in [0.25, 0.3) is 0 Å². The maximum Gasteiger partial charge on any atom is 0.508 e. The van der Waals surface area contributed by atoms with Gasteiger partial charge in [0, 0.05) is 0 Å². The predicted octanol–water partition coefficient (Wildman–Crippen LogP) is 1.84. The lowest BCUT2D eigenvalue weighted by Crippen LogP contribution is -2.45. The van der Waals surface area contributed by atoms with E-state index in [1.54, 1.807) is 13.8 Å². The molecule has 2 aliphatic heterocycles. The van der Waals surface area contributed by atoms with Crippen LogP contribution in [-0.2, 0) is 28.5 Å². The first-order chi connectivity index (χ1) is 13.2. The predicted molar refractivity (Wildman–Crippen MR) is 88.5 cm³/mol. The minimum Gasteiger partial charge on any atom is -0.433 e. The van der Waals surface area contributed by atoms with Crippen LogP contribution in [0.5, 0.6) is 11.5 Å². The summed E-state index contributed by atoms with van der Waals surface area (Å²) in [5.41, 5.74) is -2.24. The molecule has 150 valence electrons. The Hall–Kier alpha value is -3.30. The first kappa shape index (κ1) is 19.5. The van der Waals surface area contributed by atoms with Crippen molar-refractivity contribution in [3.05, 3.63) is 24.3 Å². The molecule has 2 saturated heterocycles. The van der Waals surface area contributed by atoms with Gasteiger partial charge in [0.2, 0.25) is 0 Å². The van der Waals surface area contributed by atoms with Crippen molar-refractivity contribution in [2.75, 3.05) is 26.4 Å². The summed E-state index contributed by atoms with van der Waals surface area (Å²) in [6.45, 7) is 2.52. The standard InChI is InChI=1S/C18H18O10/c1-17(7-23-15(21)24-8-17)13(19)27-11-3-5-12(6-4-11)28-14(20)18(2)9-25-16(22)26-10-18/h3-6H,7-10H2,1-2H3. The molecule has 10 nitrogen and oxygen atoms in total. The maximum atomic E-state index is 12.3. The number of hydrogen-bond acceptors (Lipinski definition) is 10. The second kappa shape index (κ2) is 7.37. The summed E-state index contributed by atoms with van der Waals surface area (Å²) < 4.78 is 29.5. The van der Waals surface area contributed by atoms with Crippen LogP contribution in [0.4, 0.5) is 9.59 Å². The molecule has 0 aliphatic carbocycles. The number of benzene rings is 1. The number of ether oxygens (including phenoxy) is 6. The van der Waals surface area contributed by atoms with E-state index in [9.17, 15) is 19.2 Å². The van der Waals surface area contributed by atoms with Gasteiger partial charge in [-0.25, -0.2) is 9.59 Å². The maximum absolute atomic E-state index is 12.3. The average molecular weight is 394 g/mol. The van der Waals surface area contributed by atoms with Crippen molar-refractivity contribution in [2.24, 2.45) is 10.8 Å². The van der Waals surface area contributed by atoms with Gasteiger partial charge in [-0.2, -0.15) is 0 Å². The van der Waals surface area contributed by atoms with Crippen LogP contribution in [0.25, 0.3) is 0 Å². The zero-order valence-electron chi connectivity index (χ0n) is 15.2. The fraction of sp³-hybridized carbons (Fsp3) is 0.444. The largest absolute Gasteiger partial charge is 0.508 e. The third-order valence-corrected chi connectivity index (χ3v) is 4.26. The van der Waals surface area contributed by atoms with Gasteiger partial charge in [0.05, 0.1) is 0 Å². The normalized spacial score (nSPS) is 19.9. The summed E-state index contributed by atoms with van der Waals surface area (Å²) in [5.74, 6) is -0.829. The molecule has 2 heterocycles. The second-order valence-electron chi connectivity index (χ2n) is 7.03. The van der Waals surface area contributed by atoms with Gasteiger partial charge < -0.3 is 28.4 Å². The Balaban J connectivity index is 1.57. The molecule has 0 spiro atoms. The van der Waals surface area contributed by atoms with E-state index in [0.717, 1.165) is 0 Å². The van der Waals surface area contributed by atoms with Gasteiger partial charge in [0.1, 0.15) is 48.8 Å². The van der Waals surface area contributed by atoms with Crippen LogP contribution in [0.1, 0.15) is 13.8 Å². The van der Waals surface area contributed by atoms with Gasteiger partial charge in [-0.05, 0) is 38.1 Å². The molecule has 1 aromatic carbocycles. The van der Waals surface area contributed by atoms with Gasteiger partial charge >= 0.3 is 24.2 Å². The molecule has 1 aromatic rings. The van der Waals surface area contributed by atoms with Crippen molar-refractivity contribution in [1.29, 1.82) is 0 Å². The van der Waals surface area contributed by atoms with Crippen LogP contribution in [0.2, 0.25) is 0 Å². The van der Waals surface area contributed by atoms with Crippen molar-refractivity contribution in [1.82, 2.24) is 0 Å². The molecule has 0 unspecified atom stereocenters. The van der Waals surface area contributed by atoms with Crippen LogP contribution < -0.4 is 9.47 Å². The van der Waals surface area contributed by atoms with Crippen LogP contribution in [0.15, 0.2) is 24.3 Å². The molecule has 10 heteroatoms. The molecule has 0 atom stereocenters. The lowest BCUT2D eigenvalue weighted by Gasteiger charge is -2.30. The average Bonchev–Trinajstić information content (AvgIpc) is 2.68. The van der Waals surface area contributed by atoms with Crippen molar-refractivity contribution in [2.45, 2.75) is 13.8 Å². The molecule has 2 fully saturated rings. The number of carbonyl (C=O) groups excluding carboxylic acids is 4. The van der Waals surface area contributed by atoms with Crippen LogP contribution in [0.3, 0.4) is 0 Å². The Labute approximate surface area is 159 Å². The van der Waals surface area contributed by atoms with Gasteiger partial charge in [-0.15, -0.1) is 0 Å². The third kappa shape index (κ3) is 4.16. The van der Waals surface area contributed by atoms with Crippen LogP contribution >= 0.6 is 0 Å². The monoisotopic (exact) mass is 394 g/mol. The molecule has 3 rings (SSSR count). The molecule has 2 aliphatic rings. The summed E-state index contributed by atoms with van der Waals surface area (Å²) in [7, 11) is 0. The molecular weight excluding hydrogens is 376 g/mol. The summed E-state index contributed by atoms with van der Waals surface area (Å²) in [4.78, 5) is 46.5. The summed E-state index contributed by atoms with van der Waals surface area (Å²) in [6.07, 6.45) is -1.66. The van der Waals surface area contributed by atoms with Gasteiger partial charge in [-0.1, -0.05) is 0 Å². The van der Waals surface area contributed by atoms with E-state index in [0.29, 0.717) is 0 Å². The summed E-state index contributed by atoms with van der Waals surface area (Å²) in [6, 6.07) is 5.77. The second-order valence-corrected chi connectivity index (χ2v) is 7.03. The van der Waals surface area contributed by atoms with Crippen molar-refractivity contribution < 1.29 is 47.6 Å². The van der Waals surface area contributed by atoms with Crippen molar-refractivity contribution >= 4 is 24.2 Å². The Morgan fingerprint density at radius 3 is 1.29 bits per heavy atom. The quantitative estimate of drug-likeness (QED) is 0.552. The van der Waals surface area contributed by atoms with Gasteiger partial charge in [-0.3, -0.25) is 9.59 Å². The number of esters is 2. The topological polar surface area (TPSA) is 124 Å². The van der Waals surface area contributed by atoms with E-state index < -0.39 is 35.1 Å². The molecule has 0 radical (unpaired) electrons. The molecule has 28 heavy (non-hydrogen) atoms. The number of cyclic esters (lactones) is 4. The highest BCUT2D eigenvalue weighted by Crippen LogP contribution is 2.28. The highest BCUT2D eigenvalue weighted by Gasteiger charge is 2.43. The molecule has 0 amide bonds. The van der Waals surface area contributed by atoms with E-state index in [2.05, 4.69) is 0 Å². The Kier molecular flexibility index (Phi) is 5.12. The van der Waals surface area contributed by atoms with Gasteiger partial charge in [0.15, 0.2) is 0 Å². The first-order valence-corrected chi connectivity index (χ1v) is 8.34. The fourth-order valence-corrected chi connectivity index (χ4v) is 2.31. The SMILES string of the molecule is CC1(C(=O)Oc2ccc(OC(=O)C3(C)COC(=O)OC3)cc2)COC(=O)OC1. The lowest BCUT2D eigenvalue weighted by atomic mass is 9.92. The summed E-state index contributed by atoms with van der Waals surface area (Å²) in [5, 5.41) is 0. The Morgan fingerprint density at radius 2 is 1.00 bits per heavy atom. The van der Waals surface area contributed by atoms with E-state index in [4.69, 9.17) is 28.4 Å². The highest BCUT2D eigenvalue weighted by atomic mass is 16.7. The lowest BCUT2D eigenvalue weighted by molar-refractivity contribution is -0.157. The van der Waals surface area contributed by atoms with Crippen molar-refractivity contribution in [3.8, 4) is 11.5 Å². The van der Waals surface area contributed by atoms with E-state index in [1.165, 1.54) is 24.3 Å². The molecule has 0 saturated carbocycles. The molecular formula is C18H18O10. The van der Waals surface area contributed by atoms with E-state index in [-0.39, 0.29) is 37.9 Å². The number of carbonyl (C=O) groups is 4. The highest BCUT2D eigenvalue weighted by molar-refractivity contribution is 5.81. The summed E-state index contributed by atoms with van der Waals surface area (Å²) >= 11 is 0. The fourth-order valence-electron chi connectivity index (χ4n) is 2.31. The number of hydrogen-bond donors (Lipinski definition) is 0. The Bertz CT molecular complexity index is 710. The van der Waals surface area contributed by atoms with Crippen molar-refractivity contribution in [3.63, 3.8) is 0 Å². The minimum atomic E-state index is -1.12. The number of rotatable bonds is 4. The van der Waals surface area contributed by atoms with E-state index in [1.807, 2.05) is 0 Å². The molecule has 0 N–H and O–H groups in total. The zero-order valence-corrected chi connectivity index (χ0v) is 15.2. The first-order valence-electron chi connectivity index (χ1n) is 8.34. The van der Waals surface area contributed by atoms with E-state index >= 15 is 0 Å². The van der Waals surface area contributed by atoms with Crippen LogP contribution in [-0.4, -0.2) is 50.7 Å².